The maximum atomic E-state index is 12.0. The van der Waals surface area contributed by atoms with Crippen LogP contribution in [0.4, 0.5) is 0 Å². The maximum absolute atomic E-state index is 12.0. The molecule has 112 valence electrons. The van der Waals surface area contributed by atoms with Gasteiger partial charge in [0.2, 0.25) is 0 Å². The quantitative estimate of drug-likeness (QED) is 0.634. The molecule has 0 aliphatic rings. The van der Waals surface area contributed by atoms with E-state index in [1.807, 2.05) is 0 Å². The largest absolute Gasteiger partial charge is 0.473 e. The minimum absolute atomic E-state index is 0.0407. The van der Waals surface area contributed by atoms with Crippen molar-refractivity contribution in [3.63, 3.8) is 0 Å². The summed E-state index contributed by atoms with van der Waals surface area (Å²) in [7, 11) is 0.432. The summed E-state index contributed by atoms with van der Waals surface area (Å²) in [5, 5.41) is 0.526. The first-order valence-electron chi connectivity index (χ1n) is 6.36. The Morgan fingerprint density at radius 1 is 1.10 bits per heavy atom. The first-order chi connectivity index (χ1) is 9.07. The summed E-state index contributed by atoms with van der Waals surface area (Å²) in [5.74, 6) is -1.17. The van der Waals surface area contributed by atoms with E-state index in [0.29, 0.717) is 5.38 Å². The number of carbonyl (C=O) groups excluding carboxylic acids is 2. The Labute approximate surface area is 120 Å². The zero-order valence-electron chi connectivity index (χ0n) is 13.1. The number of furan rings is 1. The van der Waals surface area contributed by atoms with Gasteiger partial charge in [0.25, 0.3) is 0 Å². The van der Waals surface area contributed by atoms with E-state index in [1.54, 1.807) is 0 Å². The molecule has 0 aromatic carbocycles. The SMILES string of the molecule is COC(=O)c1coc([Si](C)(C)C(C)(C)C)c1C(=O)OC. The molecule has 1 aromatic heterocycles. The highest BCUT2D eigenvalue weighted by atomic mass is 28.3. The van der Waals surface area contributed by atoms with Gasteiger partial charge in [-0.25, -0.2) is 9.59 Å². The van der Waals surface area contributed by atoms with Crippen LogP contribution >= 0.6 is 0 Å². The lowest BCUT2D eigenvalue weighted by atomic mass is 10.2. The Balaban J connectivity index is 3.54. The van der Waals surface area contributed by atoms with E-state index in [0.717, 1.165) is 0 Å². The minimum atomic E-state index is -2.12. The van der Waals surface area contributed by atoms with Crippen LogP contribution in [-0.2, 0) is 9.47 Å². The van der Waals surface area contributed by atoms with Crippen molar-refractivity contribution < 1.29 is 23.5 Å². The molecule has 0 saturated heterocycles. The zero-order valence-corrected chi connectivity index (χ0v) is 14.1. The molecule has 1 aromatic rings. The van der Waals surface area contributed by atoms with Gasteiger partial charge >= 0.3 is 11.9 Å². The van der Waals surface area contributed by atoms with Crippen LogP contribution in [0.2, 0.25) is 18.1 Å². The van der Waals surface area contributed by atoms with Crippen molar-refractivity contribution in [2.45, 2.75) is 38.9 Å². The van der Waals surface area contributed by atoms with Crippen molar-refractivity contribution in [3.8, 4) is 0 Å². The van der Waals surface area contributed by atoms with Crippen LogP contribution in [-0.4, -0.2) is 34.2 Å². The third kappa shape index (κ3) is 2.65. The standard InChI is InChI=1S/C14H22O5Si/c1-14(2,3)20(6,7)13-10(12(16)18-5)9(8-19-13)11(15)17-4/h8H,1-7H3. The third-order valence-corrected chi connectivity index (χ3v) is 9.28. The molecular weight excluding hydrogens is 276 g/mol. The molecule has 0 radical (unpaired) electrons. The molecule has 1 heterocycles. The second kappa shape index (κ2) is 5.44. The average Bonchev–Trinajstić information content (AvgIpc) is 2.80. The van der Waals surface area contributed by atoms with Gasteiger partial charge in [-0.2, -0.15) is 0 Å². The summed E-state index contributed by atoms with van der Waals surface area (Å²) >= 11 is 0. The monoisotopic (exact) mass is 298 g/mol. The first kappa shape index (κ1) is 16.5. The van der Waals surface area contributed by atoms with Crippen molar-refractivity contribution in [2.24, 2.45) is 0 Å². The molecule has 5 nitrogen and oxygen atoms in total. The molecule has 1 rings (SSSR count). The lowest BCUT2D eigenvalue weighted by Gasteiger charge is -2.35. The van der Waals surface area contributed by atoms with E-state index in [4.69, 9.17) is 13.9 Å². The Hall–Kier alpha value is -1.56. The Morgan fingerprint density at radius 3 is 2.00 bits per heavy atom. The predicted octanol–water partition coefficient (Wildman–Crippen LogP) is 2.57. The number of methoxy groups -OCH3 is 2. The normalized spacial score (nSPS) is 12.2. The summed E-state index contributed by atoms with van der Waals surface area (Å²) in [4.78, 5) is 23.8. The van der Waals surface area contributed by atoms with Gasteiger partial charge in [0, 0.05) is 0 Å². The van der Waals surface area contributed by atoms with Crippen LogP contribution in [0.25, 0.3) is 0 Å². The van der Waals surface area contributed by atoms with Crippen molar-refractivity contribution in [2.75, 3.05) is 14.2 Å². The van der Waals surface area contributed by atoms with Crippen LogP contribution in [0.1, 0.15) is 41.5 Å². The second-order valence-electron chi connectivity index (χ2n) is 6.21. The van der Waals surface area contributed by atoms with Crippen LogP contribution in [0.5, 0.6) is 0 Å². The summed E-state index contributed by atoms with van der Waals surface area (Å²) in [6.45, 7) is 10.5. The fourth-order valence-electron chi connectivity index (χ4n) is 1.72. The highest BCUT2D eigenvalue weighted by Crippen LogP contribution is 2.37. The number of rotatable bonds is 3. The number of hydrogen-bond donors (Lipinski definition) is 0. The lowest BCUT2D eigenvalue weighted by molar-refractivity contribution is 0.0557. The molecule has 0 atom stereocenters. The van der Waals surface area contributed by atoms with Crippen molar-refractivity contribution in [1.82, 2.24) is 0 Å². The smallest absolute Gasteiger partial charge is 0.342 e. The van der Waals surface area contributed by atoms with Gasteiger partial charge < -0.3 is 13.9 Å². The molecule has 0 aliphatic heterocycles. The third-order valence-electron chi connectivity index (χ3n) is 4.03. The fourth-order valence-corrected chi connectivity index (χ4v) is 3.62. The molecule has 0 saturated carbocycles. The molecule has 0 fully saturated rings. The Kier molecular flexibility index (Phi) is 4.48. The van der Waals surface area contributed by atoms with E-state index < -0.39 is 20.0 Å². The topological polar surface area (TPSA) is 65.7 Å². The summed E-state index contributed by atoms with van der Waals surface area (Å²) in [6.07, 6.45) is 1.29. The van der Waals surface area contributed by atoms with Gasteiger partial charge in [-0.05, 0) is 5.04 Å². The van der Waals surface area contributed by atoms with Gasteiger partial charge in [-0.3, -0.25) is 0 Å². The number of hydrogen-bond acceptors (Lipinski definition) is 5. The van der Waals surface area contributed by atoms with Gasteiger partial charge in [-0.15, -0.1) is 0 Å². The molecule has 0 unspecified atom stereocenters. The van der Waals surface area contributed by atoms with Gasteiger partial charge in [0.1, 0.15) is 25.5 Å². The summed E-state index contributed by atoms with van der Waals surface area (Å²) in [5.41, 5.74) is 0.324. The number of esters is 2. The van der Waals surface area contributed by atoms with Crippen molar-refractivity contribution in [1.29, 1.82) is 0 Å². The van der Waals surface area contributed by atoms with Crippen LogP contribution in [0.15, 0.2) is 10.7 Å². The Bertz CT molecular complexity index is 522. The molecular formula is C14H22O5Si. The molecule has 0 N–H and O–H groups in total. The summed E-state index contributed by atoms with van der Waals surface area (Å²) < 4.78 is 15.1. The maximum Gasteiger partial charge on any atom is 0.342 e. The lowest BCUT2D eigenvalue weighted by Crippen LogP contribution is -2.51. The van der Waals surface area contributed by atoms with Gasteiger partial charge in [-0.1, -0.05) is 33.9 Å². The van der Waals surface area contributed by atoms with Crippen LogP contribution in [0.3, 0.4) is 0 Å². The molecule has 0 aliphatic carbocycles. The van der Waals surface area contributed by atoms with Crippen LogP contribution < -0.4 is 5.38 Å². The van der Waals surface area contributed by atoms with E-state index in [9.17, 15) is 9.59 Å². The highest BCUT2D eigenvalue weighted by Gasteiger charge is 2.44. The van der Waals surface area contributed by atoms with Gasteiger partial charge in [0.05, 0.1) is 19.6 Å². The minimum Gasteiger partial charge on any atom is -0.473 e. The van der Waals surface area contributed by atoms with Crippen LogP contribution in [0, 0.1) is 0 Å². The number of ether oxygens (including phenoxy) is 2. The first-order valence-corrected chi connectivity index (χ1v) is 9.36. The number of carbonyl (C=O) groups is 2. The molecule has 20 heavy (non-hydrogen) atoms. The molecule has 6 heteroatoms. The second-order valence-corrected chi connectivity index (χ2v) is 11.4. The van der Waals surface area contributed by atoms with E-state index in [2.05, 4.69) is 33.9 Å². The fraction of sp³-hybridized carbons (Fsp3) is 0.571. The van der Waals surface area contributed by atoms with E-state index in [1.165, 1.54) is 20.5 Å². The van der Waals surface area contributed by atoms with E-state index >= 15 is 0 Å². The average molecular weight is 298 g/mol. The van der Waals surface area contributed by atoms with Crippen molar-refractivity contribution in [3.05, 3.63) is 17.4 Å². The predicted molar refractivity (Wildman–Crippen MR) is 78.2 cm³/mol. The van der Waals surface area contributed by atoms with Gasteiger partial charge in [0.15, 0.2) is 0 Å². The molecule has 0 bridgehead atoms. The van der Waals surface area contributed by atoms with Crippen molar-refractivity contribution >= 4 is 25.4 Å². The van der Waals surface area contributed by atoms with E-state index in [-0.39, 0.29) is 16.2 Å². The zero-order chi connectivity index (χ0) is 15.7. The molecule has 0 spiro atoms. The Morgan fingerprint density at radius 2 is 1.60 bits per heavy atom. The highest BCUT2D eigenvalue weighted by molar-refractivity contribution is 6.92. The summed E-state index contributed by atoms with van der Waals surface area (Å²) in [6, 6.07) is 0. The molecule has 0 amide bonds.